The van der Waals surface area contributed by atoms with Crippen LogP contribution in [-0.2, 0) is 6.42 Å². The number of carbonyl (C=O) groups excluding carboxylic acids is 1. The first-order valence-corrected chi connectivity index (χ1v) is 5.88. The standard InChI is InChI=1S/C14H15N3O/c1-11-7-8-13(17-16-11)14(18)15-10-9-12-5-3-2-4-6-12/h2-8H,9-10H2,1H3,(H,15,18). The summed E-state index contributed by atoms with van der Waals surface area (Å²) in [4.78, 5) is 11.7. The third kappa shape index (κ3) is 3.38. The number of hydrogen-bond donors (Lipinski definition) is 1. The van der Waals surface area contributed by atoms with Crippen molar-refractivity contribution in [3.63, 3.8) is 0 Å². The molecule has 0 bridgehead atoms. The molecule has 0 radical (unpaired) electrons. The van der Waals surface area contributed by atoms with E-state index < -0.39 is 0 Å². The van der Waals surface area contributed by atoms with Crippen LogP contribution in [0.5, 0.6) is 0 Å². The van der Waals surface area contributed by atoms with Gasteiger partial charge in [0.15, 0.2) is 5.69 Å². The van der Waals surface area contributed by atoms with Crippen molar-refractivity contribution in [1.82, 2.24) is 15.5 Å². The normalized spacial score (nSPS) is 10.1. The molecule has 0 aliphatic carbocycles. The van der Waals surface area contributed by atoms with Crippen LogP contribution in [0, 0.1) is 6.92 Å². The Kier molecular flexibility index (Phi) is 4.02. The van der Waals surface area contributed by atoms with E-state index in [1.165, 1.54) is 5.56 Å². The van der Waals surface area contributed by atoms with Gasteiger partial charge in [0, 0.05) is 6.54 Å². The van der Waals surface area contributed by atoms with Crippen LogP contribution in [-0.4, -0.2) is 22.6 Å². The molecule has 1 amide bonds. The molecule has 2 aromatic rings. The highest BCUT2D eigenvalue weighted by Crippen LogP contribution is 1.99. The minimum absolute atomic E-state index is 0.182. The molecule has 1 heterocycles. The first-order valence-electron chi connectivity index (χ1n) is 5.88. The van der Waals surface area contributed by atoms with E-state index in [4.69, 9.17) is 0 Å². The Morgan fingerprint density at radius 2 is 1.89 bits per heavy atom. The quantitative estimate of drug-likeness (QED) is 0.887. The molecule has 0 fully saturated rings. The zero-order valence-electron chi connectivity index (χ0n) is 10.3. The second-order valence-electron chi connectivity index (χ2n) is 4.05. The maximum absolute atomic E-state index is 11.7. The lowest BCUT2D eigenvalue weighted by Crippen LogP contribution is -2.26. The topological polar surface area (TPSA) is 54.9 Å². The zero-order valence-corrected chi connectivity index (χ0v) is 10.3. The molecule has 4 heteroatoms. The number of nitrogens with one attached hydrogen (secondary N) is 1. The summed E-state index contributed by atoms with van der Waals surface area (Å²) in [6.07, 6.45) is 0.811. The van der Waals surface area contributed by atoms with Crippen molar-refractivity contribution in [2.75, 3.05) is 6.54 Å². The average Bonchev–Trinajstić information content (AvgIpc) is 2.40. The van der Waals surface area contributed by atoms with Crippen LogP contribution in [0.1, 0.15) is 21.7 Å². The van der Waals surface area contributed by atoms with Gasteiger partial charge in [-0.15, -0.1) is 5.10 Å². The van der Waals surface area contributed by atoms with Crippen LogP contribution in [0.25, 0.3) is 0 Å². The molecule has 4 nitrogen and oxygen atoms in total. The van der Waals surface area contributed by atoms with Crippen LogP contribution in [0.4, 0.5) is 0 Å². The lowest BCUT2D eigenvalue weighted by molar-refractivity contribution is 0.0948. The minimum atomic E-state index is -0.182. The predicted octanol–water partition coefficient (Wildman–Crippen LogP) is 1.76. The van der Waals surface area contributed by atoms with Gasteiger partial charge in [-0.2, -0.15) is 5.10 Å². The van der Waals surface area contributed by atoms with Gasteiger partial charge in [-0.25, -0.2) is 0 Å². The summed E-state index contributed by atoms with van der Waals surface area (Å²) in [7, 11) is 0. The van der Waals surface area contributed by atoms with E-state index >= 15 is 0 Å². The van der Waals surface area contributed by atoms with Crippen LogP contribution in [0.15, 0.2) is 42.5 Å². The van der Waals surface area contributed by atoms with Crippen LogP contribution in [0.3, 0.4) is 0 Å². The number of hydrogen-bond acceptors (Lipinski definition) is 3. The molecule has 1 aromatic carbocycles. The Morgan fingerprint density at radius 3 is 2.56 bits per heavy atom. The highest BCUT2D eigenvalue weighted by molar-refractivity contribution is 5.91. The van der Waals surface area contributed by atoms with Crippen LogP contribution >= 0.6 is 0 Å². The number of aryl methyl sites for hydroxylation is 1. The molecule has 0 saturated heterocycles. The molecule has 2 rings (SSSR count). The van der Waals surface area contributed by atoms with E-state index in [-0.39, 0.29) is 5.91 Å². The van der Waals surface area contributed by atoms with Crippen molar-refractivity contribution in [3.8, 4) is 0 Å². The van der Waals surface area contributed by atoms with E-state index in [0.29, 0.717) is 12.2 Å². The average molecular weight is 241 g/mol. The van der Waals surface area contributed by atoms with E-state index in [0.717, 1.165) is 12.1 Å². The first kappa shape index (κ1) is 12.2. The Bertz CT molecular complexity index is 508. The summed E-state index contributed by atoms with van der Waals surface area (Å²) >= 11 is 0. The second kappa shape index (κ2) is 5.91. The SMILES string of the molecule is Cc1ccc(C(=O)NCCc2ccccc2)nn1. The lowest BCUT2D eigenvalue weighted by atomic mass is 10.1. The molecule has 92 valence electrons. The molecule has 0 aliphatic heterocycles. The lowest BCUT2D eigenvalue weighted by Gasteiger charge is -2.04. The van der Waals surface area contributed by atoms with Gasteiger partial charge in [-0.3, -0.25) is 4.79 Å². The monoisotopic (exact) mass is 241 g/mol. The van der Waals surface area contributed by atoms with Gasteiger partial charge in [-0.05, 0) is 31.0 Å². The predicted molar refractivity (Wildman–Crippen MR) is 69.2 cm³/mol. The van der Waals surface area contributed by atoms with Crippen molar-refractivity contribution in [3.05, 3.63) is 59.4 Å². The number of rotatable bonds is 4. The van der Waals surface area contributed by atoms with Crippen LogP contribution < -0.4 is 5.32 Å². The Hall–Kier alpha value is -2.23. The summed E-state index contributed by atoms with van der Waals surface area (Å²) in [6.45, 7) is 2.43. The first-order chi connectivity index (χ1) is 8.75. The molecule has 1 aromatic heterocycles. The summed E-state index contributed by atoms with van der Waals surface area (Å²) in [5.41, 5.74) is 2.36. The maximum Gasteiger partial charge on any atom is 0.271 e. The molecular weight excluding hydrogens is 226 g/mol. The van der Waals surface area contributed by atoms with Crippen molar-refractivity contribution in [2.45, 2.75) is 13.3 Å². The fraction of sp³-hybridized carbons (Fsp3) is 0.214. The zero-order chi connectivity index (χ0) is 12.8. The van der Waals surface area contributed by atoms with Gasteiger partial charge < -0.3 is 5.32 Å². The Balaban J connectivity index is 1.84. The fourth-order valence-corrected chi connectivity index (χ4v) is 1.58. The molecule has 0 saturated carbocycles. The smallest absolute Gasteiger partial charge is 0.271 e. The number of nitrogens with zero attached hydrogens (tertiary/aromatic N) is 2. The van der Waals surface area contributed by atoms with Gasteiger partial charge in [0.25, 0.3) is 5.91 Å². The maximum atomic E-state index is 11.7. The van der Waals surface area contributed by atoms with E-state index in [2.05, 4.69) is 15.5 Å². The van der Waals surface area contributed by atoms with Gasteiger partial charge >= 0.3 is 0 Å². The van der Waals surface area contributed by atoms with Crippen molar-refractivity contribution in [2.24, 2.45) is 0 Å². The van der Waals surface area contributed by atoms with Crippen molar-refractivity contribution in [1.29, 1.82) is 0 Å². The van der Waals surface area contributed by atoms with Gasteiger partial charge in [0.05, 0.1) is 5.69 Å². The van der Waals surface area contributed by atoms with Crippen molar-refractivity contribution >= 4 is 5.91 Å². The second-order valence-corrected chi connectivity index (χ2v) is 4.05. The van der Waals surface area contributed by atoms with E-state index in [1.807, 2.05) is 37.3 Å². The van der Waals surface area contributed by atoms with Crippen LogP contribution in [0.2, 0.25) is 0 Å². The summed E-state index contributed by atoms with van der Waals surface area (Å²) in [5, 5.41) is 10.5. The molecule has 0 unspecified atom stereocenters. The largest absolute Gasteiger partial charge is 0.350 e. The number of benzene rings is 1. The van der Waals surface area contributed by atoms with Crippen molar-refractivity contribution < 1.29 is 4.79 Å². The molecule has 1 N–H and O–H groups in total. The highest BCUT2D eigenvalue weighted by atomic mass is 16.1. The molecule has 0 spiro atoms. The highest BCUT2D eigenvalue weighted by Gasteiger charge is 2.06. The van der Waals surface area contributed by atoms with Gasteiger partial charge in [-0.1, -0.05) is 30.3 Å². The fourth-order valence-electron chi connectivity index (χ4n) is 1.58. The molecule has 0 aliphatic rings. The Labute approximate surface area is 106 Å². The molecule has 18 heavy (non-hydrogen) atoms. The summed E-state index contributed by atoms with van der Waals surface area (Å²) in [6, 6.07) is 13.5. The molecule has 0 atom stereocenters. The minimum Gasteiger partial charge on any atom is -0.350 e. The third-order valence-electron chi connectivity index (χ3n) is 2.57. The third-order valence-corrected chi connectivity index (χ3v) is 2.57. The van der Waals surface area contributed by atoms with E-state index in [9.17, 15) is 4.79 Å². The van der Waals surface area contributed by atoms with Gasteiger partial charge in [0.1, 0.15) is 0 Å². The molecular formula is C14H15N3O. The summed E-state index contributed by atoms with van der Waals surface area (Å²) in [5.74, 6) is -0.182. The van der Waals surface area contributed by atoms with E-state index in [1.54, 1.807) is 12.1 Å². The number of amides is 1. The summed E-state index contributed by atoms with van der Waals surface area (Å²) < 4.78 is 0. The number of aromatic nitrogens is 2. The Morgan fingerprint density at radius 1 is 1.11 bits per heavy atom. The van der Waals surface area contributed by atoms with Gasteiger partial charge in [0.2, 0.25) is 0 Å². The number of carbonyl (C=O) groups is 1.